The first-order valence-electron chi connectivity index (χ1n) is 8.68. The summed E-state index contributed by atoms with van der Waals surface area (Å²) in [6.45, 7) is 1.57. The van der Waals surface area contributed by atoms with Gasteiger partial charge in [0.1, 0.15) is 5.54 Å². The van der Waals surface area contributed by atoms with Crippen LogP contribution in [0, 0.1) is 5.92 Å². The van der Waals surface area contributed by atoms with Crippen LogP contribution < -0.4 is 11.1 Å². The number of piperidine rings is 1. The van der Waals surface area contributed by atoms with Crippen LogP contribution in [0.15, 0.2) is 0 Å². The second kappa shape index (κ2) is 6.47. The van der Waals surface area contributed by atoms with Crippen molar-refractivity contribution >= 4 is 17.8 Å². The van der Waals surface area contributed by atoms with Crippen molar-refractivity contribution < 1.29 is 14.4 Å². The van der Waals surface area contributed by atoms with E-state index in [2.05, 4.69) is 5.32 Å². The molecule has 3 rings (SSSR count). The Morgan fingerprint density at radius 1 is 1.17 bits per heavy atom. The van der Waals surface area contributed by atoms with Gasteiger partial charge < -0.3 is 11.1 Å². The minimum atomic E-state index is -0.688. The first-order chi connectivity index (χ1) is 11.0. The van der Waals surface area contributed by atoms with Crippen molar-refractivity contribution in [2.45, 2.75) is 56.9 Å². The monoisotopic (exact) mass is 322 g/mol. The molecular weight excluding hydrogens is 296 g/mol. The van der Waals surface area contributed by atoms with E-state index in [1.807, 2.05) is 4.90 Å². The normalized spacial score (nSPS) is 28.7. The van der Waals surface area contributed by atoms with Gasteiger partial charge in [-0.1, -0.05) is 25.7 Å². The lowest BCUT2D eigenvalue weighted by molar-refractivity contribution is -0.133. The van der Waals surface area contributed by atoms with Crippen LogP contribution >= 0.6 is 0 Å². The minimum Gasteiger partial charge on any atom is -0.369 e. The predicted octanol–water partition coefficient (Wildman–Crippen LogP) is 0.786. The van der Waals surface area contributed by atoms with E-state index in [0.717, 1.165) is 57.9 Å². The summed E-state index contributed by atoms with van der Waals surface area (Å²) in [5, 5.41) is 2.95. The van der Waals surface area contributed by atoms with Gasteiger partial charge in [-0.15, -0.1) is 0 Å². The fourth-order valence-electron chi connectivity index (χ4n) is 4.09. The van der Waals surface area contributed by atoms with Gasteiger partial charge in [0.05, 0.1) is 12.6 Å². The van der Waals surface area contributed by atoms with Gasteiger partial charge in [0.2, 0.25) is 5.91 Å². The van der Waals surface area contributed by atoms with Crippen molar-refractivity contribution in [2.75, 3.05) is 19.8 Å². The molecule has 7 heteroatoms. The van der Waals surface area contributed by atoms with Crippen LogP contribution in [0.1, 0.15) is 51.4 Å². The zero-order valence-corrected chi connectivity index (χ0v) is 13.6. The standard InChI is InChI=1S/C16H26N4O3/c17-13(21)12-6-5-9-19(10-12)11-20-14(22)16(18-15(20)23)7-3-1-2-4-8-16/h12H,1-11H2,(H2,17,21)(H,18,23)/t12-/m0/s1. The number of nitrogens with zero attached hydrogens (tertiary/aromatic N) is 2. The molecule has 4 amide bonds. The number of amides is 4. The molecule has 2 heterocycles. The average Bonchev–Trinajstić information content (AvgIpc) is 2.72. The molecule has 128 valence electrons. The number of rotatable bonds is 3. The Bertz CT molecular complexity index is 500. The summed E-state index contributed by atoms with van der Waals surface area (Å²) < 4.78 is 0. The summed E-state index contributed by atoms with van der Waals surface area (Å²) in [4.78, 5) is 39.9. The number of nitrogens with one attached hydrogen (secondary N) is 1. The van der Waals surface area contributed by atoms with E-state index in [4.69, 9.17) is 5.73 Å². The second-order valence-electron chi connectivity index (χ2n) is 7.12. The highest BCUT2D eigenvalue weighted by molar-refractivity contribution is 6.07. The molecule has 3 N–H and O–H groups in total. The number of nitrogens with two attached hydrogens (primary N) is 1. The Balaban J connectivity index is 1.67. The van der Waals surface area contributed by atoms with Crippen molar-refractivity contribution in [1.82, 2.24) is 15.1 Å². The number of carbonyl (C=O) groups excluding carboxylic acids is 3. The first kappa shape index (κ1) is 16.2. The van der Waals surface area contributed by atoms with E-state index in [1.54, 1.807) is 0 Å². The highest BCUT2D eigenvalue weighted by Gasteiger charge is 2.51. The maximum Gasteiger partial charge on any atom is 0.326 e. The highest BCUT2D eigenvalue weighted by atomic mass is 16.2. The van der Waals surface area contributed by atoms with Crippen LogP contribution in [0.5, 0.6) is 0 Å². The molecule has 0 radical (unpaired) electrons. The van der Waals surface area contributed by atoms with Crippen LogP contribution in [-0.4, -0.2) is 52.9 Å². The Morgan fingerprint density at radius 3 is 2.52 bits per heavy atom. The second-order valence-corrected chi connectivity index (χ2v) is 7.12. The molecule has 2 saturated heterocycles. The molecule has 0 aromatic heterocycles. The maximum atomic E-state index is 12.9. The fraction of sp³-hybridized carbons (Fsp3) is 0.812. The molecule has 1 aliphatic carbocycles. The van der Waals surface area contributed by atoms with Gasteiger partial charge in [-0.2, -0.15) is 0 Å². The van der Waals surface area contributed by atoms with E-state index < -0.39 is 5.54 Å². The highest BCUT2D eigenvalue weighted by Crippen LogP contribution is 2.33. The molecule has 0 aromatic carbocycles. The number of hydrogen-bond donors (Lipinski definition) is 2. The van der Waals surface area contributed by atoms with Gasteiger partial charge in [0.25, 0.3) is 5.91 Å². The summed E-state index contributed by atoms with van der Waals surface area (Å²) in [6, 6.07) is -0.293. The smallest absolute Gasteiger partial charge is 0.326 e. The molecule has 7 nitrogen and oxygen atoms in total. The van der Waals surface area contributed by atoms with E-state index in [0.29, 0.717) is 6.54 Å². The minimum absolute atomic E-state index is 0.0920. The molecule has 0 bridgehead atoms. The molecule has 3 fully saturated rings. The third-order valence-electron chi connectivity index (χ3n) is 5.45. The molecule has 0 unspecified atom stereocenters. The van der Waals surface area contributed by atoms with E-state index in [-0.39, 0.29) is 30.4 Å². The van der Waals surface area contributed by atoms with Gasteiger partial charge in [-0.05, 0) is 32.2 Å². The van der Waals surface area contributed by atoms with Gasteiger partial charge in [-0.25, -0.2) is 9.69 Å². The molecule has 1 atom stereocenters. The zero-order chi connectivity index (χ0) is 16.4. The van der Waals surface area contributed by atoms with Crippen LogP contribution in [-0.2, 0) is 9.59 Å². The Labute approximate surface area is 136 Å². The number of imide groups is 1. The molecular formula is C16H26N4O3. The lowest BCUT2D eigenvalue weighted by Crippen LogP contribution is -2.49. The van der Waals surface area contributed by atoms with Gasteiger partial charge in [0, 0.05) is 6.54 Å². The Kier molecular flexibility index (Phi) is 4.57. The predicted molar refractivity (Wildman–Crippen MR) is 84.2 cm³/mol. The van der Waals surface area contributed by atoms with E-state index in [9.17, 15) is 14.4 Å². The SMILES string of the molecule is NC(=O)[C@H]1CCCN(CN2C(=O)NC3(CCCCCC3)C2=O)C1. The van der Waals surface area contributed by atoms with E-state index in [1.165, 1.54) is 4.90 Å². The quantitative estimate of drug-likeness (QED) is 0.751. The number of urea groups is 1. The molecule has 1 spiro atoms. The van der Waals surface area contributed by atoms with Gasteiger partial charge >= 0.3 is 6.03 Å². The summed E-state index contributed by atoms with van der Waals surface area (Å²) in [6.07, 6.45) is 7.32. The summed E-state index contributed by atoms with van der Waals surface area (Å²) in [5.41, 5.74) is 4.71. The summed E-state index contributed by atoms with van der Waals surface area (Å²) in [5.74, 6) is -0.575. The van der Waals surface area contributed by atoms with Gasteiger partial charge in [-0.3, -0.25) is 14.5 Å². The molecule has 0 aromatic rings. The average molecular weight is 322 g/mol. The fourth-order valence-corrected chi connectivity index (χ4v) is 4.09. The van der Waals surface area contributed by atoms with Crippen molar-refractivity contribution in [3.8, 4) is 0 Å². The van der Waals surface area contributed by atoms with Crippen LogP contribution in [0.3, 0.4) is 0 Å². The first-order valence-corrected chi connectivity index (χ1v) is 8.68. The zero-order valence-electron chi connectivity index (χ0n) is 13.6. The van der Waals surface area contributed by atoms with Gasteiger partial charge in [0.15, 0.2) is 0 Å². The third kappa shape index (κ3) is 3.20. The number of primary amides is 1. The molecule has 2 aliphatic heterocycles. The van der Waals surface area contributed by atoms with Crippen LogP contribution in [0.2, 0.25) is 0 Å². The van der Waals surface area contributed by atoms with Crippen LogP contribution in [0.4, 0.5) is 4.79 Å². The lowest BCUT2D eigenvalue weighted by Gasteiger charge is -2.33. The molecule has 3 aliphatic rings. The Hall–Kier alpha value is -1.63. The maximum absolute atomic E-state index is 12.9. The number of carbonyl (C=O) groups is 3. The Morgan fingerprint density at radius 2 is 1.87 bits per heavy atom. The molecule has 1 saturated carbocycles. The number of likely N-dealkylation sites (tertiary alicyclic amines) is 1. The third-order valence-corrected chi connectivity index (χ3v) is 5.45. The van der Waals surface area contributed by atoms with Crippen LogP contribution in [0.25, 0.3) is 0 Å². The summed E-state index contributed by atoms with van der Waals surface area (Å²) >= 11 is 0. The summed E-state index contributed by atoms with van der Waals surface area (Å²) in [7, 11) is 0. The van der Waals surface area contributed by atoms with E-state index >= 15 is 0 Å². The van der Waals surface area contributed by atoms with Crippen molar-refractivity contribution in [3.05, 3.63) is 0 Å². The largest absolute Gasteiger partial charge is 0.369 e. The van der Waals surface area contributed by atoms with Crippen molar-refractivity contribution in [2.24, 2.45) is 11.7 Å². The van der Waals surface area contributed by atoms with Crippen molar-refractivity contribution in [3.63, 3.8) is 0 Å². The topological polar surface area (TPSA) is 95.7 Å². The number of hydrogen-bond acceptors (Lipinski definition) is 4. The molecule has 23 heavy (non-hydrogen) atoms. The lowest BCUT2D eigenvalue weighted by atomic mass is 9.90. The van der Waals surface area contributed by atoms with Crippen molar-refractivity contribution in [1.29, 1.82) is 0 Å².